The van der Waals surface area contributed by atoms with Crippen LogP contribution in [0.1, 0.15) is 5.56 Å². The van der Waals surface area contributed by atoms with Crippen LogP contribution in [0, 0.1) is 11.8 Å². The second-order valence-corrected chi connectivity index (χ2v) is 3.29. The van der Waals surface area contributed by atoms with E-state index in [9.17, 15) is 13.2 Å². The molecular formula is C10H7BrF3NO. The lowest BCUT2D eigenvalue weighted by Gasteiger charge is -2.07. The van der Waals surface area contributed by atoms with E-state index in [1.54, 1.807) is 6.07 Å². The monoisotopic (exact) mass is 293 g/mol. The second-order valence-electron chi connectivity index (χ2n) is 2.72. The van der Waals surface area contributed by atoms with Crippen molar-refractivity contribution in [1.29, 1.82) is 0 Å². The number of hydrogen-bond donors (Lipinski definition) is 0. The smallest absolute Gasteiger partial charge is 0.422 e. The van der Waals surface area contributed by atoms with Gasteiger partial charge in [0, 0.05) is 17.8 Å². The summed E-state index contributed by atoms with van der Waals surface area (Å²) in [5.74, 6) is 5.43. The predicted octanol–water partition coefficient (Wildman–Crippen LogP) is 2.77. The molecule has 0 atom stereocenters. The Balaban J connectivity index is 2.58. The number of hydrogen-bond acceptors (Lipinski definition) is 2. The van der Waals surface area contributed by atoms with E-state index in [1.807, 2.05) is 0 Å². The molecule has 16 heavy (non-hydrogen) atoms. The maximum Gasteiger partial charge on any atom is 0.422 e. The summed E-state index contributed by atoms with van der Waals surface area (Å²) < 4.78 is 39.9. The number of halogens is 4. The van der Waals surface area contributed by atoms with Crippen LogP contribution in [0.2, 0.25) is 0 Å². The standard InChI is InChI=1S/C10H7BrF3NO/c11-5-1-2-8-3-4-9(15-6-8)16-7-10(12,13)14/h3-4,6H,5,7H2. The summed E-state index contributed by atoms with van der Waals surface area (Å²) in [6.07, 6.45) is -2.99. The Morgan fingerprint density at radius 1 is 1.38 bits per heavy atom. The van der Waals surface area contributed by atoms with Crippen molar-refractivity contribution in [3.05, 3.63) is 23.9 Å². The first kappa shape index (κ1) is 12.8. The quantitative estimate of drug-likeness (QED) is 0.618. The fourth-order valence-corrected chi connectivity index (χ4v) is 0.971. The van der Waals surface area contributed by atoms with E-state index in [0.717, 1.165) is 0 Å². The van der Waals surface area contributed by atoms with E-state index in [-0.39, 0.29) is 5.88 Å². The van der Waals surface area contributed by atoms with Crippen LogP contribution in [0.4, 0.5) is 13.2 Å². The highest BCUT2D eigenvalue weighted by atomic mass is 79.9. The Hall–Kier alpha value is -1.22. The predicted molar refractivity (Wildman–Crippen MR) is 56.5 cm³/mol. The maximum absolute atomic E-state index is 11.8. The fourth-order valence-electron chi connectivity index (χ4n) is 0.831. The van der Waals surface area contributed by atoms with E-state index in [2.05, 4.69) is 37.5 Å². The summed E-state index contributed by atoms with van der Waals surface area (Å²) in [4.78, 5) is 3.69. The fraction of sp³-hybridized carbons (Fsp3) is 0.300. The van der Waals surface area contributed by atoms with Gasteiger partial charge in [-0.2, -0.15) is 13.2 Å². The maximum atomic E-state index is 11.8. The molecule has 0 amide bonds. The summed E-state index contributed by atoms with van der Waals surface area (Å²) in [7, 11) is 0. The van der Waals surface area contributed by atoms with E-state index < -0.39 is 12.8 Å². The number of alkyl halides is 4. The molecule has 0 fully saturated rings. The molecule has 0 radical (unpaired) electrons. The zero-order valence-electron chi connectivity index (χ0n) is 8.01. The third-order valence-corrected chi connectivity index (χ3v) is 1.70. The van der Waals surface area contributed by atoms with Crippen molar-refractivity contribution in [3.63, 3.8) is 0 Å². The highest BCUT2D eigenvalue weighted by Gasteiger charge is 2.28. The zero-order chi connectivity index (χ0) is 12.0. The third-order valence-electron chi connectivity index (χ3n) is 1.42. The minimum atomic E-state index is -4.35. The van der Waals surface area contributed by atoms with Crippen LogP contribution in [0.15, 0.2) is 18.3 Å². The normalized spacial score (nSPS) is 10.5. The minimum Gasteiger partial charge on any atom is -0.468 e. The molecule has 1 aromatic rings. The van der Waals surface area contributed by atoms with Gasteiger partial charge < -0.3 is 4.74 Å². The molecule has 0 aliphatic heterocycles. The molecule has 2 nitrogen and oxygen atoms in total. The lowest BCUT2D eigenvalue weighted by Crippen LogP contribution is -2.19. The number of nitrogens with zero attached hydrogens (tertiary/aromatic N) is 1. The molecule has 0 spiro atoms. The van der Waals surface area contributed by atoms with Crippen molar-refractivity contribution in [2.75, 3.05) is 11.9 Å². The molecule has 0 aliphatic carbocycles. The summed E-state index contributed by atoms with van der Waals surface area (Å²) >= 11 is 3.12. The summed E-state index contributed by atoms with van der Waals surface area (Å²) in [6.45, 7) is -1.34. The molecule has 0 bridgehead atoms. The first-order valence-electron chi connectivity index (χ1n) is 4.22. The molecule has 1 rings (SSSR count). The molecule has 1 heterocycles. The molecule has 6 heteroatoms. The molecule has 0 aliphatic rings. The van der Waals surface area contributed by atoms with Crippen molar-refractivity contribution < 1.29 is 17.9 Å². The molecule has 0 aromatic carbocycles. The number of ether oxygens (including phenoxy) is 1. The Kier molecular flexibility index (Phi) is 4.62. The highest BCUT2D eigenvalue weighted by Crippen LogP contribution is 2.16. The first-order chi connectivity index (χ1) is 7.51. The lowest BCUT2D eigenvalue weighted by atomic mass is 10.3. The largest absolute Gasteiger partial charge is 0.468 e. The van der Waals surface area contributed by atoms with Crippen molar-refractivity contribution >= 4 is 15.9 Å². The van der Waals surface area contributed by atoms with Crippen LogP contribution in [0.5, 0.6) is 5.88 Å². The highest BCUT2D eigenvalue weighted by molar-refractivity contribution is 9.09. The Bertz CT molecular complexity index is 391. The number of rotatable bonds is 2. The molecule has 0 saturated carbocycles. The van der Waals surface area contributed by atoms with Gasteiger partial charge in [0.1, 0.15) is 0 Å². The van der Waals surface area contributed by atoms with Gasteiger partial charge in [-0.3, -0.25) is 0 Å². The molecule has 86 valence electrons. The summed E-state index contributed by atoms with van der Waals surface area (Å²) in [5.41, 5.74) is 0.624. The SMILES string of the molecule is FC(F)(F)COc1ccc(C#CCBr)cn1. The average Bonchev–Trinajstić information content (AvgIpc) is 2.24. The Labute approximate surface area is 99.0 Å². The van der Waals surface area contributed by atoms with Crippen molar-refractivity contribution in [2.45, 2.75) is 6.18 Å². The van der Waals surface area contributed by atoms with Crippen LogP contribution in [-0.4, -0.2) is 23.1 Å². The summed E-state index contributed by atoms with van der Waals surface area (Å²) in [5, 5.41) is 0.527. The number of aromatic nitrogens is 1. The van der Waals surface area contributed by atoms with E-state index in [0.29, 0.717) is 10.9 Å². The first-order valence-corrected chi connectivity index (χ1v) is 5.34. The van der Waals surface area contributed by atoms with Crippen molar-refractivity contribution in [3.8, 4) is 17.7 Å². The Morgan fingerprint density at radius 2 is 2.12 bits per heavy atom. The average molecular weight is 294 g/mol. The molecular weight excluding hydrogens is 287 g/mol. The summed E-state index contributed by atoms with van der Waals surface area (Å²) in [6, 6.07) is 2.90. The van der Waals surface area contributed by atoms with Gasteiger partial charge in [-0.15, -0.1) is 0 Å². The van der Waals surface area contributed by atoms with Gasteiger partial charge in [0.25, 0.3) is 0 Å². The van der Waals surface area contributed by atoms with Gasteiger partial charge >= 0.3 is 6.18 Å². The van der Waals surface area contributed by atoms with E-state index in [1.165, 1.54) is 12.3 Å². The van der Waals surface area contributed by atoms with Crippen molar-refractivity contribution in [1.82, 2.24) is 4.98 Å². The van der Waals surface area contributed by atoms with Crippen LogP contribution in [0.3, 0.4) is 0 Å². The van der Waals surface area contributed by atoms with Gasteiger partial charge in [-0.25, -0.2) is 4.98 Å². The van der Waals surface area contributed by atoms with Crippen LogP contribution in [0.25, 0.3) is 0 Å². The van der Waals surface area contributed by atoms with Crippen LogP contribution in [-0.2, 0) is 0 Å². The zero-order valence-corrected chi connectivity index (χ0v) is 9.60. The molecule has 0 N–H and O–H groups in total. The van der Waals surface area contributed by atoms with E-state index >= 15 is 0 Å². The Morgan fingerprint density at radius 3 is 2.62 bits per heavy atom. The second kappa shape index (κ2) is 5.75. The third kappa shape index (κ3) is 5.03. The number of pyridine rings is 1. The van der Waals surface area contributed by atoms with Gasteiger partial charge in [-0.1, -0.05) is 27.8 Å². The van der Waals surface area contributed by atoms with E-state index in [4.69, 9.17) is 0 Å². The molecule has 1 aromatic heterocycles. The van der Waals surface area contributed by atoms with Crippen LogP contribution >= 0.6 is 15.9 Å². The minimum absolute atomic E-state index is 0.0679. The lowest BCUT2D eigenvalue weighted by molar-refractivity contribution is -0.154. The molecule has 0 unspecified atom stereocenters. The van der Waals surface area contributed by atoms with Gasteiger partial charge in [0.05, 0.1) is 5.33 Å². The van der Waals surface area contributed by atoms with Gasteiger partial charge in [0.2, 0.25) is 5.88 Å². The van der Waals surface area contributed by atoms with Crippen molar-refractivity contribution in [2.24, 2.45) is 0 Å². The van der Waals surface area contributed by atoms with Gasteiger partial charge in [0.15, 0.2) is 6.61 Å². The molecule has 0 saturated heterocycles. The van der Waals surface area contributed by atoms with Crippen LogP contribution < -0.4 is 4.74 Å². The van der Waals surface area contributed by atoms with Gasteiger partial charge in [-0.05, 0) is 6.07 Å². The topological polar surface area (TPSA) is 22.1 Å².